The van der Waals surface area contributed by atoms with Gasteiger partial charge in [0.05, 0.1) is 11.6 Å². The van der Waals surface area contributed by atoms with Crippen LogP contribution in [-0.4, -0.2) is 18.3 Å². The molecule has 4 heteroatoms. The lowest BCUT2D eigenvalue weighted by atomic mass is 10.1. The van der Waals surface area contributed by atoms with Gasteiger partial charge in [0.25, 0.3) is 5.91 Å². The summed E-state index contributed by atoms with van der Waals surface area (Å²) in [6.45, 7) is 0.631. The second kappa shape index (κ2) is 6.86. The first-order valence-corrected chi connectivity index (χ1v) is 5.65. The number of carbonyl (C=O) groups excluding carboxylic acids is 1. The third kappa shape index (κ3) is 3.92. The lowest BCUT2D eigenvalue weighted by Gasteiger charge is -2.04. The van der Waals surface area contributed by atoms with Gasteiger partial charge in [-0.3, -0.25) is 4.79 Å². The van der Waals surface area contributed by atoms with Crippen LogP contribution in [0.15, 0.2) is 24.3 Å². The summed E-state index contributed by atoms with van der Waals surface area (Å²) in [6, 6.07) is 8.57. The van der Waals surface area contributed by atoms with E-state index < -0.39 is 0 Å². The molecule has 0 saturated carbocycles. The van der Waals surface area contributed by atoms with E-state index in [9.17, 15) is 4.79 Å². The summed E-state index contributed by atoms with van der Waals surface area (Å²) in [5, 5.41) is 11.4. The average molecular weight is 237 g/mol. The molecule has 0 heterocycles. The van der Waals surface area contributed by atoms with E-state index in [-0.39, 0.29) is 5.91 Å². The fraction of sp³-hybridized carbons (Fsp3) is 0.333. The Hall–Kier alpha value is -1.53. The fourth-order valence-electron chi connectivity index (χ4n) is 1.22. The van der Waals surface area contributed by atoms with Crippen LogP contribution < -0.4 is 5.32 Å². The Balaban J connectivity index is 2.44. The molecule has 0 unspecified atom stereocenters. The molecule has 1 amide bonds. The van der Waals surface area contributed by atoms with E-state index >= 15 is 0 Å². The van der Waals surface area contributed by atoms with Crippen LogP contribution in [0, 0.1) is 11.3 Å². The molecule has 0 atom stereocenters. The third-order valence-corrected chi connectivity index (χ3v) is 2.39. The molecule has 1 N–H and O–H groups in total. The molecule has 0 spiro atoms. The van der Waals surface area contributed by atoms with Gasteiger partial charge in [-0.15, -0.1) is 11.6 Å². The molecule has 0 aliphatic carbocycles. The largest absolute Gasteiger partial charge is 0.352 e. The maximum absolute atomic E-state index is 11.6. The minimum absolute atomic E-state index is 0.112. The Morgan fingerprint density at radius 3 is 2.56 bits per heavy atom. The molecule has 16 heavy (non-hydrogen) atoms. The van der Waals surface area contributed by atoms with Crippen molar-refractivity contribution in [1.82, 2.24) is 5.32 Å². The summed E-state index contributed by atoms with van der Waals surface area (Å²) < 4.78 is 0. The number of halogens is 1. The number of rotatable bonds is 5. The Morgan fingerprint density at radius 2 is 2.00 bits per heavy atom. The van der Waals surface area contributed by atoms with E-state index in [1.807, 2.05) is 6.07 Å². The normalized spacial score (nSPS) is 9.50. The highest BCUT2D eigenvalue weighted by Crippen LogP contribution is 2.03. The van der Waals surface area contributed by atoms with E-state index in [4.69, 9.17) is 16.9 Å². The topological polar surface area (TPSA) is 52.9 Å². The van der Waals surface area contributed by atoms with Crippen LogP contribution in [0.4, 0.5) is 0 Å². The molecule has 3 nitrogen and oxygen atoms in total. The first kappa shape index (κ1) is 12.5. The standard InChI is InChI=1S/C12H13ClN2O/c13-7-1-2-8-15-12(16)11-5-3-10(9-14)4-6-11/h3-6H,1-2,7-8H2,(H,15,16). The predicted molar refractivity (Wildman–Crippen MR) is 63.4 cm³/mol. The summed E-state index contributed by atoms with van der Waals surface area (Å²) in [5.74, 6) is 0.506. The van der Waals surface area contributed by atoms with Gasteiger partial charge in [0.1, 0.15) is 0 Å². The van der Waals surface area contributed by atoms with E-state index in [1.165, 1.54) is 0 Å². The van der Waals surface area contributed by atoms with E-state index in [0.717, 1.165) is 12.8 Å². The summed E-state index contributed by atoms with van der Waals surface area (Å²) >= 11 is 5.52. The van der Waals surface area contributed by atoms with Crippen LogP contribution >= 0.6 is 11.6 Å². The van der Waals surface area contributed by atoms with Gasteiger partial charge in [-0.25, -0.2) is 0 Å². The average Bonchev–Trinajstić information content (AvgIpc) is 2.34. The number of unbranched alkanes of at least 4 members (excludes halogenated alkanes) is 1. The highest BCUT2D eigenvalue weighted by atomic mass is 35.5. The highest BCUT2D eigenvalue weighted by Gasteiger charge is 2.03. The molecular weight excluding hydrogens is 224 g/mol. The Labute approximate surface area is 100 Å². The van der Waals surface area contributed by atoms with Gasteiger partial charge in [-0.2, -0.15) is 5.26 Å². The molecular formula is C12H13ClN2O. The van der Waals surface area contributed by atoms with E-state index in [1.54, 1.807) is 24.3 Å². The summed E-state index contributed by atoms with van der Waals surface area (Å²) in [5.41, 5.74) is 1.13. The maximum Gasteiger partial charge on any atom is 0.251 e. The number of nitrogens with zero attached hydrogens (tertiary/aromatic N) is 1. The first-order chi connectivity index (χ1) is 7.77. The molecule has 1 rings (SSSR count). The van der Waals surface area contributed by atoms with Gasteiger partial charge in [0, 0.05) is 18.0 Å². The molecule has 0 fully saturated rings. The zero-order valence-electron chi connectivity index (χ0n) is 8.87. The number of hydrogen-bond acceptors (Lipinski definition) is 2. The number of benzene rings is 1. The van der Waals surface area contributed by atoms with Crippen molar-refractivity contribution in [2.45, 2.75) is 12.8 Å². The van der Waals surface area contributed by atoms with Crippen molar-refractivity contribution in [1.29, 1.82) is 5.26 Å². The van der Waals surface area contributed by atoms with Crippen molar-refractivity contribution in [3.05, 3.63) is 35.4 Å². The van der Waals surface area contributed by atoms with Gasteiger partial charge in [0.15, 0.2) is 0 Å². The molecule has 0 saturated heterocycles. The number of nitriles is 1. The lowest BCUT2D eigenvalue weighted by Crippen LogP contribution is -2.24. The van der Waals surface area contributed by atoms with Gasteiger partial charge >= 0.3 is 0 Å². The monoisotopic (exact) mass is 236 g/mol. The number of carbonyl (C=O) groups is 1. The molecule has 1 aromatic carbocycles. The van der Waals surface area contributed by atoms with Gasteiger partial charge in [-0.1, -0.05) is 0 Å². The first-order valence-electron chi connectivity index (χ1n) is 5.12. The Morgan fingerprint density at radius 1 is 1.31 bits per heavy atom. The van der Waals surface area contributed by atoms with Gasteiger partial charge in [-0.05, 0) is 37.1 Å². The van der Waals surface area contributed by atoms with Crippen LogP contribution in [0.3, 0.4) is 0 Å². The molecule has 0 aliphatic heterocycles. The molecule has 0 aliphatic rings. The van der Waals surface area contributed by atoms with Crippen molar-refractivity contribution in [2.24, 2.45) is 0 Å². The zero-order valence-corrected chi connectivity index (χ0v) is 9.63. The number of alkyl halides is 1. The van der Waals surface area contributed by atoms with Crippen molar-refractivity contribution >= 4 is 17.5 Å². The van der Waals surface area contributed by atoms with Gasteiger partial charge < -0.3 is 5.32 Å². The minimum atomic E-state index is -0.112. The molecule has 0 bridgehead atoms. The van der Waals surface area contributed by atoms with Crippen LogP contribution in [0.5, 0.6) is 0 Å². The molecule has 0 radical (unpaired) electrons. The van der Waals surface area contributed by atoms with Crippen molar-refractivity contribution < 1.29 is 4.79 Å². The number of amides is 1. The summed E-state index contributed by atoms with van der Waals surface area (Å²) in [6.07, 6.45) is 1.78. The smallest absolute Gasteiger partial charge is 0.251 e. The predicted octanol–water partition coefficient (Wildman–Crippen LogP) is 2.31. The maximum atomic E-state index is 11.6. The van der Waals surface area contributed by atoms with Crippen LogP contribution in [0.2, 0.25) is 0 Å². The molecule has 84 valence electrons. The van der Waals surface area contributed by atoms with Crippen molar-refractivity contribution in [3.8, 4) is 6.07 Å². The SMILES string of the molecule is N#Cc1ccc(C(=O)NCCCCCl)cc1. The lowest BCUT2D eigenvalue weighted by molar-refractivity contribution is 0.0953. The fourth-order valence-corrected chi connectivity index (χ4v) is 1.41. The second-order valence-electron chi connectivity index (χ2n) is 3.34. The van der Waals surface area contributed by atoms with Crippen molar-refractivity contribution in [3.63, 3.8) is 0 Å². The zero-order chi connectivity index (χ0) is 11.8. The molecule has 0 aromatic heterocycles. The highest BCUT2D eigenvalue weighted by molar-refractivity contribution is 6.17. The Kier molecular flexibility index (Phi) is 5.38. The minimum Gasteiger partial charge on any atom is -0.352 e. The Bertz CT molecular complexity index is 381. The quantitative estimate of drug-likeness (QED) is 0.630. The summed E-state index contributed by atoms with van der Waals surface area (Å²) in [4.78, 5) is 11.6. The van der Waals surface area contributed by atoms with Crippen LogP contribution in [0.25, 0.3) is 0 Å². The van der Waals surface area contributed by atoms with Crippen LogP contribution in [-0.2, 0) is 0 Å². The van der Waals surface area contributed by atoms with Gasteiger partial charge in [0.2, 0.25) is 0 Å². The van der Waals surface area contributed by atoms with E-state index in [2.05, 4.69) is 5.32 Å². The number of hydrogen-bond donors (Lipinski definition) is 1. The van der Waals surface area contributed by atoms with Crippen LogP contribution in [0.1, 0.15) is 28.8 Å². The number of nitrogens with one attached hydrogen (secondary N) is 1. The third-order valence-electron chi connectivity index (χ3n) is 2.12. The van der Waals surface area contributed by atoms with Crippen molar-refractivity contribution in [2.75, 3.05) is 12.4 Å². The summed E-state index contributed by atoms with van der Waals surface area (Å²) in [7, 11) is 0. The second-order valence-corrected chi connectivity index (χ2v) is 3.72. The molecule has 1 aromatic rings. The van der Waals surface area contributed by atoms with E-state index in [0.29, 0.717) is 23.6 Å².